The Morgan fingerprint density at radius 2 is 1.83 bits per heavy atom. The van der Waals surface area contributed by atoms with Gasteiger partial charge in [0.1, 0.15) is 11.5 Å². The molecule has 1 aromatic carbocycles. The van der Waals surface area contributed by atoms with Gasteiger partial charge < -0.3 is 20.1 Å². The molecule has 0 radical (unpaired) electrons. The Kier molecular flexibility index (Phi) is 4.24. The van der Waals surface area contributed by atoms with Crippen LogP contribution in [-0.4, -0.2) is 58.5 Å². The van der Waals surface area contributed by atoms with Crippen LogP contribution >= 0.6 is 0 Å². The molecule has 0 fully saturated rings. The number of urea groups is 1. The fourth-order valence-corrected chi connectivity index (χ4v) is 3.03. The summed E-state index contributed by atoms with van der Waals surface area (Å²) in [6, 6.07) is 9.67. The van der Waals surface area contributed by atoms with Crippen LogP contribution in [0.1, 0.15) is 16.2 Å². The lowest BCUT2D eigenvalue weighted by molar-refractivity contribution is 0.0995. The number of nitrogens with two attached hydrogens (primary N) is 1. The summed E-state index contributed by atoms with van der Waals surface area (Å²) in [4.78, 5) is 31.9. The van der Waals surface area contributed by atoms with Gasteiger partial charge in [-0.3, -0.25) is 4.79 Å². The number of benzene rings is 1. The third-order valence-electron chi connectivity index (χ3n) is 4.20. The van der Waals surface area contributed by atoms with E-state index in [4.69, 9.17) is 5.73 Å². The predicted octanol–water partition coefficient (Wildman–Crippen LogP) is 1.19. The van der Waals surface area contributed by atoms with E-state index in [0.29, 0.717) is 31.7 Å². The Hall–Kier alpha value is -2.83. The molecular weight excluding hydrogens is 306 g/mol. The van der Waals surface area contributed by atoms with E-state index >= 15 is 0 Å². The second-order valence-electron chi connectivity index (χ2n) is 6.03. The van der Waals surface area contributed by atoms with Crippen molar-refractivity contribution in [2.75, 3.05) is 27.2 Å². The largest absolute Gasteiger partial charge is 0.364 e. The topological polar surface area (TPSA) is 84.5 Å². The number of aromatic nitrogens is 2. The lowest BCUT2D eigenvalue weighted by Crippen LogP contribution is -2.40. The van der Waals surface area contributed by atoms with E-state index in [-0.39, 0.29) is 6.03 Å². The summed E-state index contributed by atoms with van der Waals surface area (Å²) >= 11 is 0. The van der Waals surface area contributed by atoms with Gasteiger partial charge in [0.15, 0.2) is 0 Å². The maximum atomic E-state index is 12.2. The van der Waals surface area contributed by atoms with Crippen LogP contribution in [0.2, 0.25) is 0 Å². The van der Waals surface area contributed by atoms with Crippen LogP contribution in [0.15, 0.2) is 30.3 Å². The van der Waals surface area contributed by atoms with Crippen molar-refractivity contribution in [3.63, 3.8) is 0 Å². The lowest BCUT2D eigenvalue weighted by Gasteiger charge is -2.24. The molecule has 7 heteroatoms. The maximum absolute atomic E-state index is 12.2. The summed E-state index contributed by atoms with van der Waals surface area (Å²) in [5, 5.41) is 0. The van der Waals surface area contributed by atoms with E-state index in [0.717, 1.165) is 17.1 Å². The Morgan fingerprint density at radius 1 is 1.12 bits per heavy atom. The minimum atomic E-state index is -0.534. The van der Waals surface area contributed by atoms with Crippen LogP contribution in [0, 0.1) is 0 Å². The normalized spacial score (nSPS) is 14.0. The molecule has 2 heterocycles. The molecule has 0 bridgehead atoms. The molecule has 3 amide bonds. The summed E-state index contributed by atoms with van der Waals surface area (Å²) in [6.07, 6.45) is 0.553. The molecule has 1 aliphatic rings. The molecule has 7 nitrogen and oxygen atoms in total. The van der Waals surface area contributed by atoms with Crippen molar-refractivity contribution >= 4 is 11.9 Å². The molecule has 0 atom stereocenters. The number of carbonyl (C=O) groups is 2. The van der Waals surface area contributed by atoms with Gasteiger partial charge in [0, 0.05) is 45.7 Å². The van der Waals surface area contributed by atoms with Gasteiger partial charge in [0.05, 0.1) is 5.69 Å². The zero-order chi connectivity index (χ0) is 17.3. The van der Waals surface area contributed by atoms with Crippen molar-refractivity contribution in [2.24, 2.45) is 5.73 Å². The van der Waals surface area contributed by atoms with Gasteiger partial charge in [-0.2, -0.15) is 0 Å². The molecule has 126 valence electrons. The number of imidazole rings is 1. The molecule has 3 rings (SSSR count). The molecule has 0 spiro atoms. The maximum Gasteiger partial charge on any atom is 0.319 e. The van der Waals surface area contributed by atoms with Gasteiger partial charge in [-0.1, -0.05) is 30.3 Å². The highest BCUT2D eigenvalue weighted by Gasteiger charge is 2.26. The number of rotatable bonds is 2. The van der Waals surface area contributed by atoms with Gasteiger partial charge in [-0.15, -0.1) is 0 Å². The van der Waals surface area contributed by atoms with Crippen LogP contribution in [0.4, 0.5) is 4.79 Å². The van der Waals surface area contributed by atoms with Gasteiger partial charge >= 0.3 is 6.03 Å². The average molecular weight is 327 g/mol. The fourth-order valence-electron chi connectivity index (χ4n) is 3.03. The van der Waals surface area contributed by atoms with Crippen molar-refractivity contribution in [1.29, 1.82) is 0 Å². The van der Waals surface area contributed by atoms with Crippen molar-refractivity contribution in [1.82, 2.24) is 19.4 Å². The van der Waals surface area contributed by atoms with Crippen molar-refractivity contribution in [3.8, 4) is 11.4 Å². The van der Waals surface area contributed by atoms with E-state index in [1.807, 2.05) is 34.9 Å². The number of nitrogens with zero attached hydrogens (tertiary/aromatic N) is 4. The van der Waals surface area contributed by atoms with Crippen molar-refractivity contribution < 1.29 is 9.59 Å². The Bertz CT molecular complexity index is 767. The average Bonchev–Trinajstić information content (AvgIpc) is 2.80. The van der Waals surface area contributed by atoms with Crippen LogP contribution in [-0.2, 0) is 13.0 Å². The van der Waals surface area contributed by atoms with Crippen molar-refractivity contribution in [2.45, 2.75) is 13.0 Å². The second-order valence-corrected chi connectivity index (χ2v) is 6.03. The Morgan fingerprint density at radius 3 is 2.46 bits per heavy atom. The molecule has 24 heavy (non-hydrogen) atoms. The predicted molar refractivity (Wildman–Crippen MR) is 90.5 cm³/mol. The van der Waals surface area contributed by atoms with Gasteiger partial charge in [0.2, 0.25) is 0 Å². The Balaban J connectivity index is 2.00. The molecule has 0 saturated heterocycles. The van der Waals surface area contributed by atoms with Crippen LogP contribution in [0.5, 0.6) is 0 Å². The minimum Gasteiger partial charge on any atom is -0.364 e. The second kappa shape index (κ2) is 6.35. The molecule has 0 unspecified atom stereocenters. The van der Waals surface area contributed by atoms with E-state index < -0.39 is 5.91 Å². The van der Waals surface area contributed by atoms with Crippen LogP contribution in [0.25, 0.3) is 11.4 Å². The van der Waals surface area contributed by atoms with E-state index in [9.17, 15) is 9.59 Å². The smallest absolute Gasteiger partial charge is 0.319 e. The molecule has 1 aromatic heterocycles. The molecular formula is C17H21N5O2. The number of carbonyl (C=O) groups excluding carboxylic acids is 2. The molecule has 0 aliphatic carbocycles. The first-order chi connectivity index (χ1) is 11.5. The third kappa shape index (κ3) is 2.84. The van der Waals surface area contributed by atoms with Crippen molar-refractivity contribution in [3.05, 3.63) is 41.7 Å². The lowest BCUT2D eigenvalue weighted by atomic mass is 10.2. The summed E-state index contributed by atoms with van der Waals surface area (Å²) in [6.45, 7) is 1.69. The molecule has 1 aliphatic heterocycles. The van der Waals surface area contributed by atoms with E-state index in [2.05, 4.69) is 4.98 Å². The molecule has 0 saturated carbocycles. The summed E-state index contributed by atoms with van der Waals surface area (Å²) < 4.78 is 2.01. The van der Waals surface area contributed by atoms with Gasteiger partial charge in [0.25, 0.3) is 5.91 Å². The summed E-state index contributed by atoms with van der Waals surface area (Å²) in [7, 11) is 3.47. The van der Waals surface area contributed by atoms with Crippen LogP contribution in [0.3, 0.4) is 0 Å². The monoisotopic (exact) mass is 327 g/mol. The zero-order valence-corrected chi connectivity index (χ0v) is 13.9. The van der Waals surface area contributed by atoms with Crippen LogP contribution < -0.4 is 5.73 Å². The quantitative estimate of drug-likeness (QED) is 0.899. The number of primary amides is 1. The first kappa shape index (κ1) is 16.0. The third-order valence-corrected chi connectivity index (χ3v) is 4.20. The van der Waals surface area contributed by atoms with E-state index in [1.54, 1.807) is 23.9 Å². The number of amides is 3. The Labute approximate surface area is 140 Å². The van der Waals surface area contributed by atoms with Gasteiger partial charge in [-0.25, -0.2) is 9.78 Å². The fraction of sp³-hybridized carbons (Fsp3) is 0.353. The van der Waals surface area contributed by atoms with E-state index in [1.165, 1.54) is 0 Å². The molecule has 2 N–H and O–H groups in total. The number of hydrogen-bond acceptors (Lipinski definition) is 3. The summed E-state index contributed by atoms with van der Waals surface area (Å²) in [5.41, 5.74) is 7.55. The standard InChI is InChI=1S/C17H21N5O2/c1-20(2)17(24)21-9-8-13-14(15(18)23)19-16(22(13)11-10-21)12-6-4-3-5-7-12/h3-7H,8-11H2,1-2H3,(H2,18,23). The highest BCUT2D eigenvalue weighted by atomic mass is 16.2. The molecule has 2 aromatic rings. The highest BCUT2D eigenvalue weighted by molar-refractivity contribution is 5.93. The minimum absolute atomic E-state index is 0.0319. The first-order valence-corrected chi connectivity index (χ1v) is 7.90. The highest BCUT2D eigenvalue weighted by Crippen LogP contribution is 2.25. The number of fused-ring (bicyclic) bond motifs is 1. The summed E-state index contributed by atoms with van der Waals surface area (Å²) in [5.74, 6) is 0.187. The zero-order valence-electron chi connectivity index (χ0n) is 13.9. The van der Waals surface area contributed by atoms with Gasteiger partial charge in [-0.05, 0) is 0 Å². The SMILES string of the molecule is CN(C)C(=O)N1CCc2c(C(N)=O)nc(-c3ccccc3)n2CC1. The first-order valence-electron chi connectivity index (χ1n) is 7.90. The number of hydrogen-bond donors (Lipinski definition) is 1.